The summed E-state index contributed by atoms with van der Waals surface area (Å²) in [4.78, 5) is 54.6. The van der Waals surface area contributed by atoms with Crippen molar-refractivity contribution < 1.29 is 28.0 Å². The highest BCUT2D eigenvalue weighted by Gasteiger charge is 2.40. The van der Waals surface area contributed by atoms with E-state index < -0.39 is 17.5 Å². The summed E-state index contributed by atoms with van der Waals surface area (Å²) in [7, 11) is 0. The summed E-state index contributed by atoms with van der Waals surface area (Å²) in [5, 5.41) is 12.4. The molecule has 0 bridgehead atoms. The molecule has 44 heavy (non-hydrogen) atoms. The van der Waals surface area contributed by atoms with Gasteiger partial charge in [0.05, 0.1) is 18.0 Å². The van der Waals surface area contributed by atoms with Gasteiger partial charge in [-0.05, 0) is 55.1 Å². The van der Waals surface area contributed by atoms with Crippen LogP contribution in [0.2, 0.25) is 0 Å². The van der Waals surface area contributed by atoms with E-state index >= 15 is 0 Å². The second-order valence-electron chi connectivity index (χ2n) is 14.1. The third-order valence-electron chi connectivity index (χ3n) is 9.04. The number of benzene rings is 1. The Hall–Kier alpha value is -3.08. The lowest BCUT2D eigenvalue weighted by Crippen LogP contribution is -2.58. The molecule has 4 N–H and O–H groups in total. The third-order valence-corrected chi connectivity index (χ3v) is 9.04. The number of piperidine rings is 1. The first-order valence-electron chi connectivity index (χ1n) is 16.1. The number of carbonyl (C=O) groups excluding carboxylic acids is 4. The van der Waals surface area contributed by atoms with E-state index in [0.717, 1.165) is 11.1 Å². The molecule has 1 atom stereocenters. The van der Waals surface area contributed by atoms with Crippen molar-refractivity contribution in [3.63, 3.8) is 0 Å². The molecule has 1 aliphatic carbocycles. The molecule has 3 aliphatic rings. The lowest BCUT2D eigenvalue weighted by Gasteiger charge is -2.42. The number of hydrogen-bond acceptors (Lipinski definition) is 5. The summed E-state index contributed by atoms with van der Waals surface area (Å²) < 4.78 is 27.5. The van der Waals surface area contributed by atoms with E-state index in [1.807, 2.05) is 49.9 Å². The first-order valence-corrected chi connectivity index (χ1v) is 16.1. The monoisotopic (exact) mass is 617 g/mol. The minimum Gasteiger partial charge on any atom is -0.356 e. The van der Waals surface area contributed by atoms with Gasteiger partial charge in [0.2, 0.25) is 29.6 Å². The van der Waals surface area contributed by atoms with Gasteiger partial charge >= 0.3 is 0 Å². The predicted octanol–water partition coefficient (Wildman–Crippen LogP) is 3.60. The molecule has 0 radical (unpaired) electrons. The van der Waals surface area contributed by atoms with Gasteiger partial charge in [-0.1, -0.05) is 45.0 Å². The molecule has 244 valence electrons. The highest BCUT2D eigenvalue weighted by Crippen LogP contribution is 2.33. The normalized spacial score (nSPS) is 24.2. The van der Waals surface area contributed by atoms with Crippen molar-refractivity contribution in [2.24, 2.45) is 5.41 Å². The Balaban J connectivity index is 1.48. The molecule has 4 rings (SSSR count). The largest absolute Gasteiger partial charge is 0.356 e. The molecule has 1 aromatic carbocycles. The molecule has 2 aliphatic heterocycles. The van der Waals surface area contributed by atoms with E-state index in [2.05, 4.69) is 21.3 Å². The number of likely N-dealkylation sites (tertiary alicyclic amines) is 1. The van der Waals surface area contributed by atoms with Crippen LogP contribution in [0.1, 0.15) is 96.1 Å². The van der Waals surface area contributed by atoms with Crippen LogP contribution >= 0.6 is 0 Å². The number of carbonyl (C=O) groups is 4. The molecule has 1 saturated heterocycles. The maximum absolute atomic E-state index is 13.7. The molecular weight excluding hydrogens is 568 g/mol. The quantitative estimate of drug-likeness (QED) is 0.414. The van der Waals surface area contributed by atoms with Crippen molar-refractivity contribution in [2.45, 2.75) is 121 Å². The number of halogens is 2. The number of alkyl halides is 2. The minimum absolute atomic E-state index is 0.0809. The van der Waals surface area contributed by atoms with Crippen LogP contribution in [0.15, 0.2) is 24.3 Å². The molecule has 1 spiro atoms. The number of rotatable bonds is 3. The van der Waals surface area contributed by atoms with E-state index in [1.165, 1.54) is 0 Å². The van der Waals surface area contributed by atoms with Crippen LogP contribution in [-0.4, -0.2) is 71.7 Å². The number of nitrogens with one attached hydrogen (secondary N) is 4. The molecule has 1 aromatic rings. The Morgan fingerprint density at radius 2 is 1.61 bits per heavy atom. The average Bonchev–Trinajstić information content (AvgIpc) is 2.93. The Morgan fingerprint density at radius 3 is 2.27 bits per heavy atom. The molecule has 2 heterocycles. The Bertz CT molecular complexity index is 1180. The Morgan fingerprint density at radius 1 is 0.955 bits per heavy atom. The van der Waals surface area contributed by atoms with E-state index in [9.17, 15) is 28.0 Å². The maximum atomic E-state index is 13.7. The molecule has 9 nitrogen and oxygen atoms in total. The average molecular weight is 618 g/mol. The summed E-state index contributed by atoms with van der Waals surface area (Å²) in [6, 6.07) is 6.67. The first-order chi connectivity index (χ1) is 20.7. The lowest BCUT2D eigenvalue weighted by atomic mass is 9.82. The van der Waals surface area contributed by atoms with Crippen LogP contribution in [0, 0.1) is 5.41 Å². The highest BCUT2D eigenvalue weighted by molar-refractivity contribution is 5.84. The molecule has 0 aromatic heterocycles. The predicted molar refractivity (Wildman–Crippen MR) is 164 cm³/mol. The molecule has 4 amide bonds. The molecule has 11 heteroatoms. The van der Waals surface area contributed by atoms with Gasteiger partial charge in [0.25, 0.3) is 0 Å². The summed E-state index contributed by atoms with van der Waals surface area (Å²) >= 11 is 0. The molecule has 2 fully saturated rings. The van der Waals surface area contributed by atoms with Crippen LogP contribution in [0.25, 0.3) is 0 Å². The number of fused-ring (bicyclic) bond motifs is 1. The van der Waals surface area contributed by atoms with Gasteiger partial charge in [0.15, 0.2) is 0 Å². The topological polar surface area (TPSA) is 120 Å². The zero-order valence-electron chi connectivity index (χ0n) is 26.4. The van der Waals surface area contributed by atoms with Crippen molar-refractivity contribution in [3.8, 4) is 0 Å². The second kappa shape index (κ2) is 14.3. The summed E-state index contributed by atoms with van der Waals surface area (Å²) in [5.41, 5.74) is 0.685. The number of hydrogen-bond donors (Lipinski definition) is 4. The van der Waals surface area contributed by atoms with Gasteiger partial charge < -0.3 is 26.2 Å². The molecule has 1 saturated carbocycles. The highest BCUT2D eigenvalue weighted by atomic mass is 19.3. The van der Waals surface area contributed by atoms with Gasteiger partial charge in [-0.3, -0.25) is 19.2 Å². The first kappa shape index (κ1) is 33.8. The summed E-state index contributed by atoms with van der Waals surface area (Å²) in [5.74, 6) is -3.22. The fourth-order valence-electron chi connectivity index (χ4n) is 6.50. The van der Waals surface area contributed by atoms with Gasteiger partial charge in [-0.25, -0.2) is 8.78 Å². The van der Waals surface area contributed by atoms with E-state index in [1.54, 1.807) is 0 Å². The fourth-order valence-corrected chi connectivity index (χ4v) is 6.50. The van der Waals surface area contributed by atoms with Gasteiger partial charge in [0.1, 0.15) is 0 Å². The van der Waals surface area contributed by atoms with Crippen molar-refractivity contribution in [3.05, 3.63) is 35.4 Å². The smallest absolute Gasteiger partial charge is 0.248 e. The van der Waals surface area contributed by atoms with Gasteiger partial charge in [0, 0.05) is 57.9 Å². The van der Waals surface area contributed by atoms with Crippen LogP contribution in [0.5, 0.6) is 0 Å². The van der Waals surface area contributed by atoms with Crippen LogP contribution < -0.4 is 21.3 Å². The minimum atomic E-state index is -2.66. The lowest BCUT2D eigenvalue weighted by molar-refractivity contribution is -0.135. The van der Waals surface area contributed by atoms with Crippen molar-refractivity contribution in [2.75, 3.05) is 19.6 Å². The molecular formula is C33H49F2N5O4. The summed E-state index contributed by atoms with van der Waals surface area (Å²) in [6.45, 7) is 7.59. The fraction of sp³-hybridized carbons (Fsp3) is 0.697. The van der Waals surface area contributed by atoms with E-state index in [4.69, 9.17) is 0 Å². The third kappa shape index (κ3) is 9.97. The van der Waals surface area contributed by atoms with E-state index in [-0.39, 0.29) is 67.3 Å². The van der Waals surface area contributed by atoms with Crippen molar-refractivity contribution in [1.82, 2.24) is 26.2 Å². The standard InChI is InChI=1S/C33H49F2N5O4/c1-31(2,3)21-29(43)40-17-14-32(15-18-40)20-28(42)36-16-6-9-26(38-25-10-12-33(34,35)13-11-25)30(44)37-22-24-8-5-4-7-23(24)19-27(41)39-32/h4-5,7-8,25-26,38H,6,9-22H2,1-3H3,(H,36,42)(H,37,44)(H,39,41)/t26-/m0/s1. The number of nitrogens with zero attached hydrogens (tertiary/aromatic N) is 1. The maximum Gasteiger partial charge on any atom is 0.248 e. The van der Waals surface area contributed by atoms with Crippen LogP contribution in [0.3, 0.4) is 0 Å². The Labute approximate surface area is 259 Å². The zero-order chi connectivity index (χ0) is 32.0. The van der Waals surface area contributed by atoms with E-state index in [0.29, 0.717) is 64.6 Å². The zero-order valence-corrected chi connectivity index (χ0v) is 26.4. The number of amides is 4. The van der Waals surface area contributed by atoms with Gasteiger partial charge in [-0.15, -0.1) is 0 Å². The van der Waals surface area contributed by atoms with Crippen LogP contribution in [-0.2, 0) is 32.1 Å². The summed E-state index contributed by atoms with van der Waals surface area (Å²) in [6.07, 6.45) is 2.73. The van der Waals surface area contributed by atoms with Crippen LogP contribution in [0.4, 0.5) is 8.78 Å². The SMILES string of the molecule is CC(C)(C)CC(=O)N1CCC2(CC1)CC(=O)NCCC[C@H](NC1CCC(F)(F)CC1)C(=O)NCc1ccccc1CC(=O)N2. The van der Waals surface area contributed by atoms with Crippen molar-refractivity contribution in [1.29, 1.82) is 0 Å². The van der Waals surface area contributed by atoms with Gasteiger partial charge in [-0.2, -0.15) is 0 Å². The Kier molecular flexibility index (Phi) is 11.0. The second-order valence-corrected chi connectivity index (χ2v) is 14.1. The molecule has 0 unspecified atom stereocenters. The van der Waals surface area contributed by atoms with Crippen molar-refractivity contribution >= 4 is 23.6 Å².